The number of hydrogen-bond acceptors (Lipinski definition) is 3. The fraction of sp³-hybridized carbons (Fsp3) is 0.929. The van der Waals surface area contributed by atoms with Crippen LogP contribution in [0.3, 0.4) is 0 Å². The lowest BCUT2D eigenvalue weighted by Crippen LogP contribution is -2.41. The number of rotatable bonds is 3. The number of nitrogens with one attached hydrogen (secondary N) is 1. The number of fused-ring (bicyclic) bond motifs is 2. The van der Waals surface area contributed by atoms with Crippen molar-refractivity contribution in [3.63, 3.8) is 0 Å². The molecule has 1 N–H and O–H groups in total. The molecule has 0 aromatic carbocycles. The monoisotopic (exact) mass is 251 g/mol. The highest BCUT2D eigenvalue weighted by Crippen LogP contribution is 2.34. The van der Waals surface area contributed by atoms with Crippen molar-refractivity contribution in [3.8, 4) is 0 Å². The maximum absolute atomic E-state index is 12.5. The second-order valence-electron chi connectivity index (χ2n) is 6.53. The van der Waals surface area contributed by atoms with Crippen molar-refractivity contribution in [1.29, 1.82) is 0 Å². The predicted octanol–water partition coefficient (Wildman–Crippen LogP) is 0.537. The number of carbonyl (C=O) groups excluding carboxylic acids is 1. The van der Waals surface area contributed by atoms with E-state index in [1.807, 2.05) is 11.9 Å². The highest BCUT2D eigenvalue weighted by molar-refractivity contribution is 5.80. The lowest BCUT2D eigenvalue weighted by Gasteiger charge is -2.27. The Kier molecular flexibility index (Phi) is 3.32. The van der Waals surface area contributed by atoms with E-state index < -0.39 is 0 Å². The Bertz CT molecular complexity index is 333. The summed E-state index contributed by atoms with van der Waals surface area (Å²) in [5, 5.41) is 3.56. The van der Waals surface area contributed by atoms with E-state index in [4.69, 9.17) is 0 Å². The van der Waals surface area contributed by atoms with Crippen molar-refractivity contribution >= 4 is 5.91 Å². The van der Waals surface area contributed by atoms with E-state index in [0.717, 1.165) is 19.5 Å². The van der Waals surface area contributed by atoms with Gasteiger partial charge in [0.25, 0.3) is 0 Å². The van der Waals surface area contributed by atoms with E-state index in [2.05, 4.69) is 17.3 Å². The number of carbonyl (C=O) groups is 1. The van der Waals surface area contributed by atoms with Crippen molar-refractivity contribution in [2.45, 2.75) is 37.8 Å². The summed E-state index contributed by atoms with van der Waals surface area (Å²) in [7, 11) is 4.16. The standard InChI is InChI=1S/C14H25N3O/c1-16-6-5-10(8-16)9-17(2)14(18)12-7-11-3-4-13(12)15-11/h10-13,15H,3-9H2,1-2H3. The summed E-state index contributed by atoms with van der Waals surface area (Å²) in [6.45, 7) is 3.27. The molecule has 1 amide bonds. The van der Waals surface area contributed by atoms with Gasteiger partial charge in [-0.05, 0) is 45.2 Å². The van der Waals surface area contributed by atoms with Crippen LogP contribution in [0.1, 0.15) is 25.7 Å². The molecule has 4 atom stereocenters. The first-order chi connectivity index (χ1) is 8.63. The van der Waals surface area contributed by atoms with Crippen LogP contribution in [0.4, 0.5) is 0 Å². The van der Waals surface area contributed by atoms with Crippen LogP contribution >= 0.6 is 0 Å². The van der Waals surface area contributed by atoms with Gasteiger partial charge in [-0.1, -0.05) is 0 Å². The summed E-state index contributed by atoms with van der Waals surface area (Å²) in [6.07, 6.45) is 4.77. The average Bonchev–Trinajstić information content (AvgIpc) is 3.04. The van der Waals surface area contributed by atoms with Crippen LogP contribution in [-0.4, -0.2) is 61.5 Å². The number of likely N-dealkylation sites (tertiary alicyclic amines) is 1. The summed E-state index contributed by atoms with van der Waals surface area (Å²) in [6, 6.07) is 1.09. The molecule has 3 saturated heterocycles. The van der Waals surface area contributed by atoms with Crippen molar-refractivity contribution in [2.24, 2.45) is 11.8 Å². The molecule has 4 nitrogen and oxygen atoms in total. The summed E-state index contributed by atoms with van der Waals surface area (Å²) in [5.74, 6) is 1.31. The van der Waals surface area contributed by atoms with Crippen molar-refractivity contribution < 1.29 is 4.79 Å². The lowest BCUT2D eigenvalue weighted by molar-refractivity contribution is -0.135. The summed E-state index contributed by atoms with van der Waals surface area (Å²) in [4.78, 5) is 16.8. The third-order valence-corrected chi connectivity index (χ3v) is 5.01. The molecule has 3 heterocycles. The smallest absolute Gasteiger partial charge is 0.227 e. The minimum Gasteiger partial charge on any atom is -0.345 e. The number of nitrogens with zero attached hydrogens (tertiary/aromatic N) is 2. The highest BCUT2D eigenvalue weighted by Gasteiger charge is 2.43. The predicted molar refractivity (Wildman–Crippen MR) is 71.3 cm³/mol. The Morgan fingerprint density at radius 1 is 1.39 bits per heavy atom. The van der Waals surface area contributed by atoms with Crippen LogP contribution in [0, 0.1) is 11.8 Å². The second-order valence-corrected chi connectivity index (χ2v) is 6.53. The van der Waals surface area contributed by atoms with E-state index in [0.29, 0.717) is 23.9 Å². The maximum atomic E-state index is 12.5. The molecular weight excluding hydrogens is 226 g/mol. The van der Waals surface area contributed by atoms with E-state index in [-0.39, 0.29) is 5.92 Å². The zero-order chi connectivity index (χ0) is 12.7. The molecule has 4 unspecified atom stereocenters. The molecule has 0 aromatic rings. The van der Waals surface area contributed by atoms with E-state index in [9.17, 15) is 4.79 Å². The van der Waals surface area contributed by atoms with Gasteiger partial charge >= 0.3 is 0 Å². The van der Waals surface area contributed by atoms with Gasteiger partial charge in [0.2, 0.25) is 5.91 Å². The third kappa shape index (κ3) is 2.28. The lowest BCUT2D eigenvalue weighted by atomic mass is 9.88. The number of hydrogen-bond donors (Lipinski definition) is 1. The van der Waals surface area contributed by atoms with Crippen molar-refractivity contribution in [1.82, 2.24) is 15.1 Å². The molecule has 0 saturated carbocycles. The Hall–Kier alpha value is -0.610. The molecule has 0 aliphatic carbocycles. The van der Waals surface area contributed by atoms with E-state index in [1.54, 1.807) is 0 Å². The number of amides is 1. The van der Waals surface area contributed by atoms with Crippen molar-refractivity contribution in [3.05, 3.63) is 0 Å². The van der Waals surface area contributed by atoms with Gasteiger partial charge in [0.15, 0.2) is 0 Å². The van der Waals surface area contributed by atoms with Crippen LogP contribution in [0.25, 0.3) is 0 Å². The largest absolute Gasteiger partial charge is 0.345 e. The third-order valence-electron chi connectivity index (χ3n) is 5.01. The maximum Gasteiger partial charge on any atom is 0.227 e. The Morgan fingerprint density at radius 2 is 2.22 bits per heavy atom. The zero-order valence-electron chi connectivity index (χ0n) is 11.6. The topological polar surface area (TPSA) is 35.6 Å². The first kappa shape index (κ1) is 12.4. The van der Waals surface area contributed by atoms with Crippen LogP contribution in [0.5, 0.6) is 0 Å². The molecule has 0 radical (unpaired) electrons. The molecule has 0 spiro atoms. The zero-order valence-corrected chi connectivity index (χ0v) is 11.6. The Morgan fingerprint density at radius 3 is 2.78 bits per heavy atom. The van der Waals surface area contributed by atoms with Crippen LogP contribution in [0.15, 0.2) is 0 Å². The van der Waals surface area contributed by atoms with E-state index in [1.165, 1.54) is 25.8 Å². The first-order valence-electron chi connectivity index (χ1n) is 7.33. The molecule has 2 bridgehead atoms. The highest BCUT2D eigenvalue weighted by atomic mass is 16.2. The average molecular weight is 251 g/mol. The van der Waals surface area contributed by atoms with Gasteiger partial charge in [-0.2, -0.15) is 0 Å². The minimum atomic E-state index is 0.257. The molecule has 3 fully saturated rings. The molecule has 102 valence electrons. The van der Waals surface area contributed by atoms with Crippen LogP contribution in [-0.2, 0) is 4.79 Å². The molecule has 0 aromatic heterocycles. The fourth-order valence-electron chi connectivity index (χ4n) is 4.03. The van der Waals surface area contributed by atoms with Crippen LogP contribution < -0.4 is 5.32 Å². The van der Waals surface area contributed by atoms with Gasteiger partial charge in [-0.15, -0.1) is 0 Å². The molecule has 3 rings (SSSR count). The van der Waals surface area contributed by atoms with Crippen molar-refractivity contribution in [2.75, 3.05) is 33.7 Å². The SMILES string of the molecule is CN1CCC(CN(C)C(=O)C2CC3CCC2N3)C1. The summed E-state index contributed by atoms with van der Waals surface area (Å²) >= 11 is 0. The van der Waals surface area contributed by atoms with Gasteiger partial charge in [0.05, 0.1) is 5.92 Å². The second kappa shape index (κ2) is 4.82. The van der Waals surface area contributed by atoms with Gasteiger partial charge < -0.3 is 15.1 Å². The van der Waals surface area contributed by atoms with Gasteiger partial charge in [0.1, 0.15) is 0 Å². The van der Waals surface area contributed by atoms with Gasteiger partial charge in [-0.25, -0.2) is 0 Å². The normalized spacial score (nSPS) is 39.4. The Balaban J connectivity index is 1.53. The molecule has 18 heavy (non-hydrogen) atoms. The molecule has 3 aliphatic heterocycles. The molecular formula is C14H25N3O. The van der Waals surface area contributed by atoms with Crippen LogP contribution in [0.2, 0.25) is 0 Å². The summed E-state index contributed by atoms with van der Waals surface area (Å²) < 4.78 is 0. The van der Waals surface area contributed by atoms with Gasteiger partial charge in [0, 0.05) is 32.2 Å². The Labute approximate surface area is 110 Å². The van der Waals surface area contributed by atoms with Gasteiger partial charge in [-0.3, -0.25) is 4.79 Å². The minimum absolute atomic E-state index is 0.257. The quantitative estimate of drug-likeness (QED) is 0.795. The first-order valence-corrected chi connectivity index (χ1v) is 7.33. The molecule has 3 aliphatic rings. The molecule has 4 heteroatoms. The summed E-state index contributed by atoms with van der Waals surface area (Å²) in [5.41, 5.74) is 0. The van der Waals surface area contributed by atoms with E-state index >= 15 is 0 Å². The fourth-order valence-corrected chi connectivity index (χ4v) is 4.03.